The van der Waals surface area contributed by atoms with Gasteiger partial charge >= 0.3 is 0 Å². The molecule has 0 unspecified atom stereocenters. The normalized spacial score (nSPS) is 11.2. The van der Waals surface area contributed by atoms with Crippen molar-refractivity contribution in [2.75, 3.05) is 5.32 Å². The van der Waals surface area contributed by atoms with E-state index in [0.717, 1.165) is 28.2 Å². The van der Waals surface area contributed by atoms with Gasteiger partial charge in [0.1, 0.15) is 11.6 Å². The molecule has 0 atom stereocenters. The molecule has 0 aliphatic rings. The first-order valence-electron chi connectivity index (χ1n) is 8.95. The highest BCUT2D eigenvalue weighted by Gasteiger charge is 2.16. The van der Waals surface area contributed by atoms with Gasteiger partial charge in [-0.3, -0.25) is 4.79 Å². The van der Waals surface area contributed by atoms with Crippen molar-refractivity contribution in [1.82, 2.24) is 4.57 Å². The van der Waals surface area contributed by atoms with Crippen molar-refractivity contribution < 1.29 is 4.79 Å². The molecule has 1 aromatic heterocycles. The first kappa shape index (κ1) is 20.7. The fourth-order valence-electron chi connectivity index (χ4n) is 3.21. The summed E-state index contributed by atoms with van der Waals surface area (Å²) in [7, 11) is 0. The monoisotopic (exact) mass is 423 g/mol. The van der Waals surface area contributed by atoms with Crippen LogP contribution >= 0.6 is 23.2 Å². The Morgan fingerprint density at radius 1 is 1.10 bits per heavy atom. The van der Waals surface area contributed by atoms with Crippen LogP contribution in [0, 0.1) is 32.1 Å². The number of halogens is 2. The standard InChI is InChI=1S/C23H19Cl2N3O/c1-14-7-4-5-10-21(14)28-15(2)11-17(16(28)3)12-18(13-26)23(29)27-20-9-6-8-19(24)22(20)25/h4-12H,1-3H3,(H,27,29)/b18-12-. The number of benzene rings is 2. The Morgan fingerprint density at radius 2 is 1.83 bits per heavy atom. The summed E-state index contributed by atoms with van der Waals surface area (Å²) in [6.45, 7) is 6.01. The van der Waals surface area contributed by atoms with E-state index < -0.39 is 5.91 Å². The Hall–Kier alpha value is -3.00. The van der Waals surface area contributed by atoms with E-state index in [4.69, 9.17) is 23.2 Å². The summed E-state index contributed by atoms with van der Waals surface area (Å²) in [4.78, 5) is 12.6. The second-order valence-corrected chi connectivity index (χ2v) is 7.46. The molecule has 1 heterocycles. The van der Waals surface area contributed by atoms with Gasteiger partial charge in [0.05, 0.1) is 15.7 Å². The number of aromatic nitrogens is 1. The lowest BCUT2D eigenvalue weighted by atomic mass is 10.1. The van der Waals surface area contributed by atoms with Crippen molar-refractivity contribution in [3.63, 3.8) is 0 Å². The number of carbonyl (C=O) groups is 1. The van der Waals surface area contributed by atoms with E-state index in [1.54, 1.807) is 24.3 Å². The van der Waals surface area contributed by atoms with Gasteiger partial charge in [0.25, 0.3) is 5.91 Å². The molecule has 0 bridgehead atoms. The maximum absolute atomic E-state index is 12.6. The summed E-state index contributed by atoms with van der Waals surface area (Å²) in [5.74, 6) is -0.544. The van der Waals surface area contributed by atoms with E-state index in [9.17, 15) is 10.1 Å². The third-order valence-electron chi connectivity index (χ3n) is 4.69. The van der Waals surface area contributed by atoms with Crippen LogP contribution in [-0.2, 0) is 4.79 Å². The van der Waals surface area contributed by atoms with E-state index in [0.29, 0.717) is 10.7 Å². The average molecular weight is 424 g/mol. The van der Waals surface area contributed by atoms with Crippen LogP contribution in [0.15, 0.2) is 54.1 Å². The first-order valence-corrected chi connectivity index (χ1v) is 9.71. The van der Waals surface area contributed by atoms with Gasteiger partial charge in [-0.05, 0) is 62.2 Å². The number of amides is 1. The molecular formula is C23H19Cl2N3O. The van der Waals surface area contributed by atoms with Gasteiger partial charge < -0.3 is 9.88 Å². The maximum atomic E-state index is 12.6. The molecule has 1 amide bonds. The molecule has 4 nitrogen and oxygen atoms in total. The molecule has 0 saturated carbocycles. The third kappa shape index (κ3) is 4.22. The minimum absolute atomic E-state index is 0.0222. The van der Waals surface area contributed by atoms with E-state index in [-0.39, 0.29) is 10.6 Å². The Kier molecular flexibility index (Phi) is 6.12. The molecule has 0 fully saturated rings. The zero-order valence-electron chi connectivity index (χ0n) is 16.3. The molecule has 0 aliphatic heterocycles. The number of rotatable bonds is 4. The van der Waals surface area contributed by atoms with Gasteiger partial charge in [-0.2, -0.15) is 5.26 Å². The summed E-state index contributed by atoms with van der Waals surface area (Å²) < 4.78 is 2.11. The van der Waals surface area contributed by atoms with Gasteiger partial charge in [0, 0.05) is 17.1 Å². The maximum Gasteiger partial charge on any atom is 0.266 e. The van der Waals surface area contributed by atoms with Gasteiger partial charge in [0.15, 0.2) is 0 Å². The smallest absolute Gasteiger partial charge is 0.266 e. The molecule has 0 radical (unpaired) electrons. The van der Waals surface area contributed by atoms with Crippen LogP contribution in [0.3, 0.4) is 0 Å². The fourth-order valence-corrected chi connectivity index (χ4v) is 3.56. The van der Waals surface area contributed by atoms with Crippen LogP contribution in [0.2, 0.25) is 10.0 Å². The fraction of sp³-hybridized carbons (Fsp3) is 0.130. The molecule has 2 aromatic carbocycles. The third-order valence-corrected chi connectivity index (χ3v) is 5.51. The second-order valence-electron chi connectivity index (χ2n) is 6.67. The molecule has 0 aliphatic carbocycles. The molecule has 29 heavy (non-hydrogen) atoms. The Morgan fingerprint density at radius 3 is 2.52 bits per heavy atom. The van der Waals surface area contributed by atoms with Gasteiger partial charge in [-0.1, -0.05) is 47.5 Å². The highest BCUT2D eigenvalue weighted by Crippen LogP contribution is 2.30. The van der Waals surface area contributed by atoms with Crippen molar-refractivity contribution in [2.45, 2.75) is 20.8 Å². The van der Waals surface area contributed by atoms with Crippen molar-refractivity contribution in [3.8, 4) is 11.8 Å². The van der Waals surface area contributed by atoms with Gasteiger partial charge in [0.2, 0.25) is 0 Å². The molecule has 0 saturated heterocycles. The van der Waals surface area contributed by atoms with Gasteiger partial charge in [-0.15, -0.1) is 0 Å². The van der Waals surface area contributed by atoms with E-state index >= 15 is 0 Å². The number of hydrogen-bond acceptors (Lipinski definition) is 2. The van der Waals surface area contributed by atoms with E-state index in [2.05, 4.69) is 9.88 Å². The van der Waals surface area contributed by atoms with Crippen LogP contribution < -0.4 is 5.32 Å². The first-order chi connectivity index (χ1) is 13.8. The number of anilines is 1. The number of nitrogens with one attached hydrogen (secondary N) is 1. The van der Waals surface area contributed by atoms with Crippen LogP contribution in [0.25, 0.3) is 11.8 Å². The largest absolute Gasteiger partial charge is 0.320 e. The van der Waals surface area contributed by atoms with Crippen LogP contribution in [0.4, 0.5) is 5.69 Å². The predicted octanol–water partition coefficient (Wildman–Crippen LogP) is 6.26. The molecular weight excluding hydrogens is 405 g/mol. The van der Waals surface area contributed by atoms with Crippen molar-refractivity contribution in [1.29, 1.82) is 5.26 Å². The number of carbonyl (C=O) groups excluding carboxylic acids is 1. The Balaban J connectivity index is 1.97. The molecule has 146 valence electrons. The number of nitriles is 1. The summed E-state index contributed by atoms with van der Waals surface area (Å²) in [5.41, 5.74) is 5.29. The van der Waals surface area contributed by atoms with Crippen molar-refractivity contribution in [2.24, 2.45) is 0 Å². The summed E-state index contributed by atoms with van der Waals surface area (Å²) in [6, 6.07) is 16.9. The molecule has 0 spiro atoms. The number of para-hydroxylation sites is 1. The van der Waals surface area contributed by atoms with E-state index in [1.807, 2.05) is 57.2 Å². The SMILES string of the molecule is Cc1ccccc1-n1c(C)cc(/C=C(/C#N)C(=O)Nc2cccc(Cl)c2Cl)c1C. The number of aryl methyl sites for hydroxylation is 2. The lowest BCUT2D eigenvalue weighted by molar-refractivity contribution is -0.112. The number of hydrogen-bond donors (Lipinski definition) is 1. The Bertz CT molecular complexity index is 1170. The summed E-state index contributed by atoms with van der Waals surface area (Å²) in [6.07, 6.45) is 1.59. The summed E-state index contributed by atoms with van der Waals surface area (Å²) >= 11 is 12.1. The minimum atomic E-state index is -0.544. The van der Waals surface area contributed by atoms with Crippen LogP contribution in [-0.4, -0.2) is 10.5 Å². The molecule has 6 heteroatoms. The van der Waals surface area contributed by atoms with Crippen LogP contribution in [0.5, 0.6) is 0 Å². The average Bonchev–Trinajstić information content (AvgIpc) is 2.97. The summed E-state index contributed by atoms with van der Waals surface area (Å²) in [5, 5.41) is 12.8. The van der Waals surface area contributed by atoms with Gasteiger partial charge in [-0.25, -0.2) is 0 Å². The highest BCUT2D eigenvalue weighted by molar-refractivity contribution is 6.44. The highest BCUT2D eigenvalue weighted by atomic mass is 35.5. The quantitative estimate of drug-likeness (QED) is 0.397. The lowest BCUT2D eigenvalue weighted by Gasteiger charge is -2.12. The zero-order valence-corrected chi connectivity index (χ0v) is 17.8. The topological polar surface area (TPSA) is 57.8 Å². The molecule has 1 N–H and O–H groups in total. The second kappa shape index (κ2) is 8.57. The van der Waals surface area contributed by atoms with Crippen molar-refractivity contribution in [3.05, 3.63) is 86.7 Å². The molecule has 3 aromatic rings. The number of nitrogens with zero attached hydrogens (tertiary/aromatic N) is 2. The van der Waals surface area contributed by atoms with Crippen molar-refractivity contribution >= 4 is 40.9 Å². The zero-order chi connectivity index (χ0) is 21.1. The molecule has 3 rings (SSSR count). The van der Waals surface area contributed by atoms with Crippen LogP contribution in [0.1, 0.15) is 22.5 Å². The predicted molar refractivity (Wildman–Crippen MR) is 119 cm³/mol. The van der Waals surface area contributed by atoms with E-state index in [1.165, 1.54) is 0 Å². The Labute approximate surface area is 180 Å². The minimum Gasteiger partial charge on any atom is -0.320 e. The lowest BCUT2D eigenvalue weighted by Crippen LogP contribution is -2.13.